The molecule has 2 N–H and O–H groups in total. The van der Waals surface area contributed by atoms with E-state index in [4.69, 9.17) is 14.6 Å². The minimum absolute atomic E-state index is 0.159. The van der Waals surface area contributed by atoms with E-state index in [1.165, 1.54) is 39.2 Å². The molecule has 7 heteroatoms. The van der Waals surface area contributed by atoms with Crippen LogP contribution in [0.1, 0.15) is 19.4 Å². The standard InChI is InChI=1S/C14H15NO6/c1-8(16)15-11(14(18)19)6-10-4-5-12(20-3)13(7-10)21-9(2)17/h4-7H,1-3H3,(H,15,16)(H,18,19). The molecular weight excluding hydrogens is 278 g/mol. The lowest BCUT2D eigenvalue weighted by Crippen LogP contribution is -2.24. The first kappa shape index (κ1) is 16.2. The summed E-state index contributed by atoms with van der Waals surface area (Å²) in [7, 11) is 1.41. The summed E-state index contributed by atoms with van der Waals surface area (Å²) in [5.74, 6) is -1.83. The number of rotatable bonds is 5. The van der Waals surface area contributed by atoms with Crippen molar-refractivity contribution in [3.05, 3.63) is 29.5 Å². The predicted octanol–water partition coefficient (Wildman–Crippen LogP) is 1.18. The van der Waals surface area contributed by atoms with Gasteiger partial charge in [-0.05, 0) is 23.8 Å². The summed E-state index contributed by atoms with van der Waals surface area (Å²) in [5, 5.41) is 11.2. The van der Waals surface area contributed by atoms with Crippen LogP contribution in [0.25, 0.3) is 6.08 Å². The number of amides is 1. The fraction of sp³-hybridized carbons (Fsp3) is 0.214. The Morgan fingerprint density at radius 1 is 1.19 bits per heavy atom. The number of hydrogen-bond acceptors (Lipinski definition) is 5. The number of carbonyl (C=O) groups is 3. The smallest absolute Gasteiger partial charge is 0.352 e. The van der Waals surface area contributed by atoms with Gasteiger partial charge in [-0.25, -0.2) is 4.79 Å². The summed E-state index contributed by atoms with van der Waals surface area (Å²) in [4.78, 5) is 33.0. The van der Waals surface area contributed by atoms with Gasteiger partial charge in [0, 0.05) is 13.8 Å². The average Bonchev–Trinajstić information content (AvgIpc) is 2.37. The van der Waals surface area contributed by atoms with E-state index in [1.54, 1.807) is 6.07 Å². The summed E-state index contributed by atoms with van der Waals surface area (Å²) in [6.45, 7) is 2.44. The second-order valence-electron chi connectivity index (χ2n) is 4.05. The number of carbonyl (C=O) groups excluding carboxylic acids is 2. The second-order valence-corrected chi connectivity index (χ2v) is 4.05. The van der Waals surface area contributed by atoms with Crippen LogP contribution in [0.4, 0.5) is 0 Å². The monoisotopic (exact) mass is 293 g/mol. The van der Waals surface area contributed by atoms with Gasteiger partial charge in [0.15, 0.2) is 11.5 Å². The zero-order chi connectivity index (χ0) is 16.0. The molecule has 0 aliphatic heterocycles. The molecule has 21 heavy (non-hydrogen) atoms. The molecule has 0 saturated carbocycles. The van der Waals surface area contributed by atoms with E-state index in [2.05, 4.69) is 5.32 Å². The largest absolute Gasteiger partial charge is 0.493 e. The van der Waals surface area contributed by atoms with Crippen LogP contribution in [0.3, 0.4) is 0 Å². The van der Waals surface area contributed by atoms with E-state index in [-0.39, 0.29) is 11.4 Å². The Hall–Kier alpha value is -2.83. The highest BCUT2D eigenvalue weighted by Gasteiger charge is 2.11. The normalized spacial score (nSPS) is 10.7. The molecule has 0 saturated heterocycles. The van der Waals surface area contributed by atoms with Gasteiger partial charge in [0.05, 0.1) is 7.11 Å². The summed E-state index contributed by atoms with van der Waals surface area (Å²) >= 11 is 0. The van der Waals surface area contributed by atoms with Crippen LogP contribution in [0, 0.1) is 0 Å². The summed E-state index contributed by atoms with van der Waals surface area (Å²) in [6, 6.07) is 4.53. The van der Waals surface area contributed by atoms with Crippen molar-refractivity contribution < 1.29 is 29.0 Å². The molecule has 0 aromatic heterocycles. The molecule has 1 aromatic rings. The Bertz CT molecular complexity index is 605. The van der Waals surface area contributed by atoms with E-state index in [9.17, 15) is 14.4 Å². The Morgan fingerprint density at radius 3 is 2.33 bits per heavy atom. The van der Waals surface area contributed by atoms with E-state index >= 15 is 0 Å². The molecule has 0 fully saturated rings. The van der Waals surface area contributed by atoms with Crippen LogP contribution in [-0.2, 0) is 14.4 Å². The number of esters is 1. The third-order valence-electron chi connectivity index (χ3n) is 2.29. The molecule has 1 rings (SSSR count). The molecular formula is C14H15NO6. The lowest BCUT2D eigenvalue weighted by Gasteiger charge is -2.09. The van der Waals surface area contributed by atoms with Crippen molar-refractivity contribution in [1.82, 2.24) is 5.32 Å². The molecule has 0 heterocycles. The number of methoxy groups -OCH3 is 1. The zero-order valence-corrected chi connectivity index (χ0v) is 11.8. The number of benzene rings is 1. The van der Waals surface area contributed by atoms with Gasteiger partial charge in [-0.2, -0.15) is 0 Å². The van der Waals surface area contributed by atoms with Crippen LogP contribution in [0.15, 0.2) is 23.9 Å². The lowest BCUT2D eigenvalue weighted by atomic mass is 10.1. The van der Waals surface area contributed by atoms with Crippen molar-refractivity contribution >= 4 is 23.9 Å². The maximum absolute atomic E-state index is 11.0. The van der Waals surface area contributed by atoms with Crippen molar-refractivity contribution in [2.45, 2.75) is 13.8 Å². The third kappa shape index (κ3) is 4.98. The van der Waals surface area contributed by atoms with Gasteiger partial charge in [-0.15, -0.1) is 0 Å². The minimum atomic E-state index is -1.28. The predicted molar refractivity (Wildman–Crippen MR) is 73.7 cm³/mol. The number of carboxylic acids is 1. The van der Waals surface area contributed by atoms with Crippen molar-refractivity contribution in [3.8, 4) is 11.5 Å². The van der Waals surface area contributed by atoms with Gasteiger partial charge in [0.1, 0.15) is 5.70 Å². The quantitative estimate of drug-likeness (QED) is 0.480. The Balaban J connectivity index is 3.20. The first-order chi connectivity index (χ1) is 9.83. The summed E-state index contributed by atoms with van der Waals surface area (Å²) in [6.07, 6.45) is 1.25. The molecule has 0 atom stereocenters. The van der Waals surface area contributed by atoms with Crippen LogP contribution in [0.5, 0.6) is 11.5 Å². The highest BCUT2D eigenvalue weighted by atomic mass is 16.6. The Kier molecular flexibility index (Phi) is 5.48. The summed E-state index contributed by atoms with van der Waals surface area (Å²) in [5.41, 5.74) is 0.139. The van der Waals surface area contributed by atoms with E-state index in [1.807, 2.05) is 0 Å². The number of carboxylic acid groups (broad SMARTS) is 1. The molecule has 7 nitrogen and oxygen atoms in total. The minimum Gasteiger partial charge on any atom is -0.493 e. The van der Waals surface area contributed by atoms with E-state index < -0.39 is 17.8 Å². The zero-order valence-electron chi connectivity index (χ0n) is 11.8. The average molecular weight is 293 g/mol. The Labute approximate surface area is 121 Å². The maximum Gasteiger partial charge on any atom is 0.352 e. The van der Waals surface area contributed by atoms with Crippen molar-refractivity contribution in [2.24, 2.45) is 0 Å². The van der Waals surface area contributed by atoms with Crippen LogP contribution in [0.2, 0.25) is 0 Å². The molecule has 0 unspecified atom stereocenters. The van der Waals surface area contributed by atoms with E-state index in [0.717, 1.165) is 0 Å². The number of ether oxygens (including phenoxy) is 2. The van der Waals surface area contributed by atoms with Gasteiger partial charge in [-0.3, -0.25) is 9.59 Å². The number of hydrogen-bond donors (Lipinski definition) is 2. The highest BCUT2D eigenvalue weighted by molar-refractivity contribution is 5.96. The van der Waals surface area contributed by atoms with E-state index in [0.29, 0.717) is 11.3 Å². The van der Waals surface area contributed by atoms with Gasteiger partial charge >= 0.3 is 11.9 Å². The van der Waals surface area contributed by atoms with Crippen LogP contribution in [-0.4, -0.2) is 30.1 Å². The van der Waals surface area contributed by atoms with Gasteiger partial charge in [0.25, 0.3) is 0 Å². The number of aliphatic carboxylic acids is 1. The summed E-state index contributed by atoms with van der Waals surface area (Å²) < 4.78 is 10.0. The second kappa shape index (κ2) is 7.09. The fourth-order valence-electron chi connectivity index (χ4n) is 1.53. The van der Waals surface area contributed by atoms with Crippen LogP contribution < -0.4 is 14.8 Å². The highest BCUT2D eigenvalue weighted by Crippen LogP contribution is 2.29. The molecule has 1 amide bonds. The van der Waals surface area contributed by atoms with Crippen molar-refractivity contribution in [3.63, 3.8) is 0 Å². The molecule has 0 radical (unpaired) electrons. The first-order valence-electron chi connectivity index (χ1n) is 5.92. The third-order valence-corrected chi connectivity index (χ3v) is 2.29. The Morgan fingerprint density at radius 2 is 1.86 bits per heavy atom. The van der Waals surface area contributed by atoms with Crippen molar-refractivity contribution in [1.29, 1.82) is 0 Å². The van der Waals surface area contributed by atoms with Gasteiger partial charge in [0.2, 0.25) is 5.91 Å². The topological polar surface area (TPSA) is 102 Å². The fourth-order valence-corrected chi connectivity index (χ4v) is 1.53. The molecule has 0 aliphatic rings. The maximum atomic E-state index is 11.0. The molecule has 112 valence electrons. The van der Waals surface area contributed by atoms with Crippen LogP contribution >= 0.6 is 0 Å². The molecule has 0 spiro atoms. The van der Waals surface area contributed by atoms with Gasteiger partial charge < -0.3 is 19.9 Å². The lowest BCUT2D eigenvalue weighted by molar-refractivity contribution is -0.134. The number of nitrogens with one attached hydrogen (secondary N) is 1. The van der Waals surface area contributed by atoms with Crippen molar-refractivity contribution in [2.75, 3.05) is 7.11 Å². The molecule has 1 aromatic carbocycles. The SMILES string of the molecule is COc1ccc(C=C(NC(C)=O)C(=O)O)cc1OC(C)=O. The molecule has 0 aliphatic carbocycles. The molecule has 0 bridgehead atoms. The van der Waals surface area contributed by atoms with Gasteiger partial charge in [-0.1, -0.05) is 6.07 Å². The first-order valence-corrected chi connectivity index (χ1v) is 5.92.